The number of ether oxygens (including phenoxy) is 2. The Morgan fingerprint density at radius 1 is 0.885 bits per heavy atom. The van der Waals surface area contributed by atoms with Crippen molar-refractivity contribution in [3.63, 3.8) is 0 Å². The molecular weight excluding hydrogens is 320 g/mol. The number of hydrogen-bond donors (Lipinski definition) is 0. The van der Waals surface area contributed by atoms with Crippen LogP contribution in [0.15, 0.2) is 66.7 Å². The molecule has 1 atom stereocenters. The molecule has 0 aliphatic carbocycles. The predicted octanol–water partition coefficient (Wildman–Crippen LogP) is 6.20. The Morgan fingerprint density at radius 2 is 1.62 bits per heavy atom. The fraction of sp³-hybridized carbons (Fsp3) is 0.250. The van der Waals surface area contributed by atoms with E-state index in [1.54, 1.807) is 7.11 Å². The molecule has 1 aliphatic rings. The number of methoxy groups -OCH3 is 1. The fourth-order valence-electron chi connectivity index (χ4n) is 3.74. The summed E-state index contributed by atoms with van der Waals surface area (Å²) >= 11 is 0. The van der Waals surface area contributed by atoms with E-state index in [0.29, 0.717) is 0 Å². The third-order valence-electron chi connectivity index (χ3n) is 5.30. The third-order valence-corrected chi connectivity index (χ3v) is 5.30. The predicted molar refractivity (Wildman–Crippen MR) is 108 cm³/mol. The zero-order valence-electron chi connectivity index (χ0n) is 15.7. The van der Waals surface area contributed by atoms with Crippen LogP contribution in [0, 0.1) is 5.41 Å². The van der Waals surface area contributed by atoms with Crippen molar-refractivity contribution >= 4 is 16.8 Å². The van der Waals surface area contributed by atoms with Gasteiger partial charge in [-0.2, -0.15) is 0 Å². The maximum Gasteiger partial charge on any atom is 0.157 e. The molecule has 1 heterocycles. The Hall–Kier alpha value is -2.74. The average Bonchev–Trinajstić information content (AvgIpc) is 2.66. The summed E-state index contributed by atoms with van der Waals surface area (Å²) in [7, 11) is 1.69. The second kappa shape index (κ2) is 5.91. The molecule has 0 radical (unpaired) electrons. The molecule has 4 rings (SSSR count). The van der Waals surface area contributed by atoms with E-state index >= 15 is 0 Å². The van der Waals surface area contributed by atoms with Crippen molar-refractivity contribution in [2.75, 3.05) is 7.11 Å². The minimum Gasteiger partial charge on any atom is -0.497 e. The van der Waals surface area contributed by atoms with Gasteiger partial charge in [-0.1, -0.05) is 75.4 Å². The van der Waals surface area contributed by atoms with Crippen LogP contribution < -0.4 is 9.47 Å². The number of benzene rings is 3. The molecule has 0 bridgehead atoms. The van der Waals surface area contributed by atoms with E-state index in [2.05, 4.69) is 81.5 Å². The highest BCUT2D eigenvalue weighted by Gasteiger charge is 2.46. The van der Waals surface area contributed by atoms with E-state index in [1.165, 1.54) is 5.39 Å². The normalized spacial score (nSPS) is 19.1. The van der Waals surface area contributed by atoms with Crippen LogP contribution in [0.4, 0.5) is 0 Å². The van der Waals surface area contributed by atoms with Crippen LogP contribution in [0.25, 0.3) is 16.8 Å². The van der Waals surface area contributed by atoms with Gasteiger partial charge in [-0.15, -0.1) is 0 Å². The number of hydrogen-bond acceptors (Lipinski definition) is 2. The van der Waals surface area contributed by atoms with E-state index in [9.17, 15) is 0 Å². The lowest BCUT2D eigenvalue weighted by Gasteiger charge is -2.45. The molecule has 132 valence electrons. The Morgan fingerprint density at radius 3 is 2.31 bits per heavy atom. The molecule has 1 unspecified atom stereocenters. The standard InChI is InChI=1S/C24H24O2/c1-23(2,3)24(19-11-13-20(25-4)14-12-19)16-15-18-10-9-17-7-5-6-8-21(17)22(18)26-24/h5-16H,1-4H3. The lowest BCUT2D eigenvalue weighted by atomic mass is 9.70. The maximum atomic E-state index is 6.83. The molecule has 0 N–H and O–H groups in total. The summed E-state index contributed by atoms with van der Waals surface area (Å²) in [5.74, 6) is 1.81. The van der Waals surface area contributed by atoms with Gasteiger partial charge >= 0.3 is 0 Å². The molecule has 0 amide bonds. The van der Waals surface area contributed by atoms with Crippen LogP contribution in [0.5, 0.6) is 11.5 Å². The summed E-state index contributed by atoms with van der Waals surface area (Å²) in [5, 5.41) is 2.34. The molecule has 2 heteroatoms. The summed E-state index contributed by atoms with van der Waals surface area (Å²) in [6, 6.07) is 20.9. The molecule has 0 fully saturated rings. The van der Waals surface area contributed by atoms with Crippen LogP contribution in [0.3, 0.4) is 0 Å². The van der Waals surface area contributed by atoms with Crippen LogP contribution in [-0.2, 0) is 5.60 Å². The minimum absolute atomic E-state index is 0.132. The molecule has 0 saturated heterocycles. The maximum absolute atomic E-state index is 6.83. The smallest absolute Gasteiger partial charge is 0.157 e. The van der Waals surface area contributed by atoms with Crippen molar-refractivity contribution < 1.29 is 9.47 Å². The summed E-state index contributed by atoms with van der Waals surface area (Å²) in [6.45, 7) is 6.66. The average molecular weight is 344 g/mol. The second-order valence-electron chi connectivity index (χ2n) is 7.85. The summed E-state index contributed by atoms with van der Waals surface area (Å²) in [6.07, 6.45) is 4.40. The first kappa shape index (κ1) is 16.7. The SMILES string of the molecule is COc1ccc(C2(C(C)(C)C)C=Cc3ccc4ccccc4c3O2)cc1. The van der Waals surface area contributed by atoms with E-state index < -0.39 is 5.60 Å². The van der Waals surface area contributed by atoms with Crippen LogP contribution in [0.1, 0.15) is 31.9 Å². The molecule has 0 aromatic heterocycles. The van der Waals surface area contributed by atoms with Gasteiger partial charge in [0, 0.05) is 21.9 Å². The topological polar surface area (TPSA) is 18.5 Å². The van der Waals surface area contributed by atoms with E-state index in [-0.39, 0.29) is 5.41 Å². The van der Waals surface area contributed by atoms with Crippen LogP contribution >= 0.6 is 0 Å². The Labute approximate surface area is 155 Å². The van der Waals surface area contributed by atoms with Gasteiger partial charge in [0.05, 0.1) is 7.11 Å². The zero-order valence-corrected chi connectivity index (χ0v) is 15.7. The fourth-order valence-corrected chi connectivity index (χ4v) is 3.74. The third kappa shape index (κ3) is 2.48. The molecular formula is C24H24O2. The van der Waals surface area contributed by atoms with E-state index in [0.717, 1.165) is 28.0 Å². The highest BCUT2D eigenvalue weighted by molar-refractivity contribution is 5.92. The van der Waals surface area contributed by atoms with Crippen molar-refractivity contribution in [3.05, 3.63) is 77.9 Å². The summed E-state index contributed by atoms with van der Waals surface area (Å²) in [4.78, 5) is 0. The van der Waals surface area contributed by atoms with Crippen molar-refractivity contribution in [1.82, 2.24) is 0 Å². The van der Waals surface area contributed by atoms with Crippen LogP contribution in [0.2, 0.25) is 0 Å². The molecule has 0 spiro atoms. The molecule has 0 saturated carbocycles. The number of fused-ring (bicyclic) bond motifs is 3. The van der Waals surface area contributed by atoms with Gasteiger partial charge in [0.15, 0.2) is 5.60 Å². The lowest BCUT2D eigenvalue weighted by molar-refractivity contribution is 0.00632. The van der Waals surface area contributed by atoms with Crippen molar-refractivity contribution in [2.45, 2.75) is 26.4 Å². The van der Waals surface area contributed by atoms with Gasteiger partial charge in [0.1, 0.15) is 11.5 Å². The first-order chi connectivity index (χ1) is 12.4. The second-order valence-corrected chi connectivity index (χ2v) is 7.85. The van der Waals surface area contributed by atoms with Crippen molar-refractivity contribution in [3.8, 4) is 11.5 Å². The van der Waals surface area contributed by atoms with Crippen LogP contribution in [-0.4, -0.2) is 7.11 Å². The molecule has 26 heavy (non-hydrogen) atoms. The van der Waals surface area contributed by atoms with Gasteiger partial charge in [-0.05, 0) is 23.6 Å². The van der Waals surface area contributed by atoms with Gasteiger partial charge in [-0.25, -0.2) is 0 Å². The molecule has 2 nitrogen and oxygen atoms in total. The summed E-state index contributed by atoms with van der Waals surface area (Å²) < 4.78 is 12.2. The highest BCUT2D eigenvalue weighted by Crippen LogP contribution is 2.50. The van der Waals surface area contributed by atoms with Gasteiger partial charge in [-0.3, -0.25) is 0 Å². The van der Waals surface area contributed by atoms with Gasteiger partial charge in [0.25, 0.3) is 0 Å². The molecule has 3 aromatic carbocycles. The number of rotatable bonds is 2. The van der Waals surface area contributed by atoms with E-state index in [1.807, 2.05) is 12.1 Å². The molecule has 3 aromatic rings. The largest absolute Gasteiger partial charge is 0.497 e. The van der Waals surface area contributed by atoms with E-state index in [4.69, 9.17) is 9.47 Å². The summed E-state index contributed by atoms with van der Waals surface area (Å²) in [5.41, 5.74) is 1.57. The Kier molecular flexibility index (Phi) is 3.80. The van der Waals surface area contributed by atoms with Gasteiger partial charge < -0.3 is 9.47 Å². The monoisotopic (exact) mass is 344 g/mol. The first-order valence-electron chi connectivity index (χ1n) is 8.99. The van der Waals surface area contributed by atoms with Crippen molar-refractivity contribution in [1.29, 1.82) is 0 Å². The quantitative estimate of drug-likeness (QED) is 0.551. The van der Waals surface area contributed by atoms with Gasteiger partial charge in [0.2, 0.25) is 0 Å². The first-order valence-corrected chi connectivity index (χ1v) is 8.99. The zero-order chi connectivity index (χ0) is 18.4. The molecule has 1 aliphatic heterocycles. The Bertz CT molecular complexity index is 977. The van der Waals surface area contributed by atoms with Crippen molar-refractivity contribution in [2.24, 2.45) is 5.41 Å². The highest BCUT2D eigenvalue weighted by atomic mass is 16.5. The lowest BCUT2D eigenvalue weighted by Crippen LogP contribution is -2.45. The minimum atomic E-state index is -0.545. The Balaban J connectivity index is 1.92.